The molecule has 2 fully saturated rings. The van der Waals surface area contributed by atoms with Crippen LogP contribution in [-0.4, -0.2) is 49.1 Å². The Morgan fingerprint density at radius 2 is 1.88 bits per heavy atom. The van der Waals surface area contributed by atoms with E-state index in [4.69, 9.17) is 4.74 Å². The molecule has 0 aromatic heterocycles. The Balaban J connectivity index is 1.38. The van der Waals surface area contributed by atoms with Gasteiger partial charge < -0.3 is 15.0 Å². The molecule has 0 unspecified atom stereocenters. The highest BCUT2D eigenvalue weighted by molar-refractivity contribution is 5.87. The molecule has 24 heavy (non-hydrogen) atoms. The molecule has 2 saturated heterocycles. The average Bonchev–Trinajstić information content (AvgIpc) is 3.16. The Labute approximate surface area is 143 Å². The van der Waals surface area contributed by atoms with Crippen LogP contribution in [0.3, 0.4) is 0 Å². The molecule has 2 amide bonds. The summed E-state index contributed by atoms with van der Waals surface area (Å²) in [6.07, 6.45) is 4.44. The summed E-state index contributed by atoms with van der Waals surface area (Å²) in [7, 11) is 0. The third-order valence-electron chi connectivity index (χ3n) is 4.97. The number of hydrogen-bond donors (Lipinski definition) is 1. The lowest BCUT2D eigenvalue weighted by molar-refractivity contribution is -0.136. The van der Waals surface area contributed by atoms with E-state index in [9.17, 15) is 9.59 Å². The van der Waals surface area contributed by atoms with E-state index in [-0.39, 0.29) is 24.5 Å². The van der Waals surface area contributed by atoms with Crippen LogP contribution in [0.4, 0.5) is 0 Å². The van der Waals surface area contributed by atoms with Gasteiger partial charge in [0.05, 0.1) is 6.54 Å². The molecular formula is C19H26N2O3. The molecule has 1 atom stereocenters. The first-order chi connectivity index (χ1) is 11.7. The maximum atomic E-state index is 12.3. The minimum Gasteiger partial charge on any atom is -0.368 e. The van der Waals surface area contributed by atoms with Gasteiger partial charge in [-0.3, -0.25) is 9.59 Å². The van der Waals surface area contributed by atoms with Crippen molar-refractivity contribution in [1.82, 2.24) is 10.2 Å². The van der Waals surface area contributed by atoms with Crippen molar-refractivity contribution in [3.05, 3.63) is 35.9 Å². The van der Waals surface area contributed by atoms with Gasteiger partial charge in [0.25, 0.3) is 0 Å². The monoisotopic (exact) mass is 330 g/mol. The summed E-state index contributed by atoms with van der Waals surface area (Å²) in [5, 5.41) is 2.72. The molecule has 5 nitrogen and oxygen atoms in total. The van der Waals surface area contributed by atoms with Gasteiger partial charge in [-0.15, -0.1) is 0 Å². The number of carbonyl (C=O) groups is 2. The zero-order valence-electron chi connectivity index (χ0n) is 14.1. The average molecular weight is 330 g/mol. The third kappa shape index (κ3) is 4.57. The van der Waals surface area contributed by atoms with Crippen LogP contribution in [0.15, 0.2) is 30.3 Å². The molecule has 0 aliphatic carbocycles. The standard InChI is InChI=1S/C19H26N2O3/c22-18(14-20-19(23)17-7-4-12-24-17)21-10-8-16(9-11-21)13-15-5-2-1-3-6-15/h1-3,5-6,16-17H,4,7-14H2,(H,20,23)/t17-/m1/s1. The maximum Gasteiger partial charge on any atom is 0.249 e. The van der Waals surface area contributed by atoms with E-state index < -0.39 is 0 Å². The minimum atomic E-state index is -0.366. The molecule has 0 saturated carbocycles. The van der Waals surface area contributed by atoms with Crippen LogP contribution in [0.25, 0.3) is 0 Å². The smallest absolute Gasteiger partial charge is 0.249 e. The largest absolute Gasteiger partial charge is 0.368 e. The zero-order valence-corrected chi connectivity index (χ0v) is 14.1. The fourth-order valence-corrected chi connectivity index (χ4v) is 3.51. The van der Waals surface area contributed by atoms with Gasteiger partial charge in [0.15, 0.2) is 0 Å². The van der Waals surface area contributed by atoms with E-state index >= 15 is 0 Å². The van der Waals surface area contributed by atoms with Gasteiger partial charge in [0.1, 0.15) is 6.10 Å². The molecule has 1 N–H and O–H groups in total. The second-order valence-corrected chi connectivity index (χ2v) is 6.73. The molecule has 2 aliphatic heterocycles. The molecule has 130 valence electrons. The van der Waals surface area contributed by atoms with E-state index in [0.717, 1.165) is 45.2 Å². The first-order valence-electron chi connectivity index (χ1n) is 8.93. The number of benzene rings is 1. The van der Waals surface area contributed by atoms with Crippen molar-refractivity contribution in [1.29, 1.82) is 0 Å². The summed E-state index contributed by atoms with van der Waals surface area (Å²) in [6, 6.07) is 10.5. The van der Waals surface area contributed by atoms with E-state index in [1.165, 1.54) is 5.56 Å². The number of likely N-dealkylation sites (tertiary alicyclic amines) is 1. The van der Waals surface area contributed by atoms with E-state index in [2.05, 4.69) is 29.6 Å². The van der Waals surface area contributed by atoms with E-state index in [1.54, 1.807) is 0 Å². The molecule has 2 aliphatic rings. The Bertz CT molecular complexity index is 547. The second-order valence-electron chi connectivity index (χ2n) is 6.73. The highest BCUT2D eigenvalue weighted by Gasteiger charge is 2.26. The quantitative estimate of drug-likeness (QED) is 0.895. The topological polar surface area (TPSA) is 58.6 Å². The molecule has 2 heterocycles. The number of piperidine rings is 1. The Morgan fingerprint density at radius 3 is 2.54 bits per heavy atom. The molecule has 1 aromatic carbocycles. The fourth-order valence-electron chi connectivity index (χ4n) is 3.51. The van der Waals surface area contributed by atoms with Crippen LogP contribution in [-0.2, 0) is 20.7 Å². The summed E-state index contributed by atoms with van der Waals surface area (Å²) >= 11 is 0. The van der Waals surface area contributed by atoms with Gasteiger partial charge in [-0.1, -0.05) is 30.3 Å². The summed E-state index contributed by atoms with van der Waals surface area (Å²) in [5.41, 5.74) is 1.37. The number of hydrogen-bond acceptors (Lipinski definition) is 3. The lowest BCUT2D eigenvalue weighted by Gasteiger charge is -2.32. The third-order valence-corrected chi connectivity index (χ3v) is 4.97. The maximum absolute atomic E-state index is 12.3. The van der Waals surface area contributed by atoms with Crippen molar-refractivity contribution in [2.24, 2.45) is 5.92 Å². The number of nitrogens with zero attached hydrogens (tertiary/aromatic N) is 1. The molecule has 1 aromatic rings. The Morgan fingerprint density at radius 1 is 1.12 bits per heavy atom. The van der Waals surface area contributed by atoms with Crippen LogP contribution in [0.5, 0.6) is 0 Å². The van der Waals surface area contributed by atoms with Crippen LogP contribution >= 0.6 is 0 Å². The summed E-state index contributed by atoms with van der Waals surface area (Å²) in [4.78, 5) is 26.0. The number of rotatable bonds is 5. The van der Waals surface area contributed by atoms with Gasteiger partial charge in [0.2, 0.25) is 11.8 Å². The Kier molecular flexibility index (Phi) is 5.86. The van der Waals surface area contributed by atoms with Crippen molar-refractivity contribution < 1.29 is 14.3 Å². The fraction of sp³-hybridized carbons (Fsp3) is 0.579. The molecule has 3 rings (SSSR count). The lowest BCUT2D eigenvalue weighted by Crippen LogP contribution is -2.46. The van der Waals surface area contributed by atoms with Gasteiger partial charge in [0, 0.05) is 19.7 Å². The molecular weight excluding hydrogens is 304 g/mol. The first-order valence-corrected chi connectivity index (χ1v) is 8.93. The first kappa shape index (κ1) is 17.0. The van der Waals surface area contributed by atoms with E-state index in [0.29, 0.717) is 12.5 Å². The van der Waals surface area contributed by atoms with Gasteiger partial charge in [-0.05, 0) is 43.6 Å². The SMILES string of the molecule is O=C(NCC(=O)N1CCC(Cc2ccccc2)CC1)[C@H]1CCCO1. The van der Waals surface area contributed by atoms with Gasteiger partial charge in [-0.2, -0.15) is 0 Å². The molecule has 0 spiro atoms. The van der Waals surface area contributed by atoms with Crippen LogP contribution in [0.2, 0.25) is 0 Å². The molecule has 0 bridgehead atoms. The van der Waals surface area contributed by atoms with Gasteiger partial charge >= 0.3 is 0 Å². The minimum absolute atomic E-state index is 0.0134. The highest BCUT2D eigenvalue weighted by atomic mass is 16.5. The zero-order chi connectivity index (χ0) is 16.8. The summed E-state index contributed by atoms with van der Waals surface area (Å²) in [5.74, 6) is 0.497. The predicted molar refractivity (Wildman–Crippen MR) is 91.4 cm³/mol. The van der Waals surface area contributed by atoms with Crippen LogP contribution in [0.1, 0.15) is 31.2 Å². The van der Waals surface area contributed by atoms with Gasteiger partial charge in [-0.25, -0.2) is 0 Å². The Hall–Kier alpha value is -1.88. The predicted octanol–water partition coefficient (Wildman–Crippen LogP) is 1.76. The van der Waals surface area contributed by atoms with Crippen LogP contribution < -0.4 is 5.32 Å². The number of amides is 2. The number of nitrogens with one attached hydrogen (secondary N) is 1. The lowest BCUT2D eigenvalue weighted by atomic mass is 9.90. The summed E-state index contributed by atoms with van der Waals surface area (Å²) in [6.45, 7) is 2.29. The van der Waals surface area contributed by atoms with Crippen molar-refractivity contribution >= 4 is 11.8 Å². The number of ether oxygens (including phenoxy) is 1. The molecule has 5 heteroatoms. The van der Waals surface area contributed by atoms with Crippen LogP contribution in [0, 0.1) is 5.92 Å². The summed E-state index contributed by atoms with van der Waals surface area (Å²) < 4.78 is 5.33. The van der Waals surface area contributed by atoms with Crippen molar-refractivity contribution in [2.45, 2.75) is 38.2 Å². The van der Waals surface area contributed by atoms with Crippen molar-refractivity contribution in [3.8, 4) is 0 Å². The number of carbonyl (C=O) groups excluding carboxylic acids is 2. The second kappa shape index (κ2) is 8.29. The normalized spacial score (nSPS) is 21.7. The van der Waals surface area contributed by atoms with Crippen molar-refractivity contribution in [2.75, 3.05) is 26.2 Å². The van der Waals surface area contributed by atoms with Crippen molar-refractivity contribution in [3.63, 3.8) is 0 Å². The van der Waals surface area contributed by atoms with E-state index in [1.807, 2.05) is 11.0 Å². The highest BCUT2D eigenvalue weighted by Crippen LogP contribution is 2.21. The molecule has 0 radical (unpaired) electrons.